The molecule has 1 radical (unpaired) electrons. The fourth-order valence-corrected chi connectivity index (χ4v) is 0.403. The Morgan fingerprint density at radius 2 is 2.33 bits per heavy atom. The van der Waals surface area contributed by atoms with Crippen LogP contribution in [0.1, 0.15) is 0 Å². The van der Waals surface area contributed by atoms with Crippen molar-refractivity contribution in [2.75, 3.05) is 13.1 Å². The summed E-state index contributed by atoms with van der Waals surface area (Å²) < 4.78 is 0. The number of hydrogen-bond donors (Lipinski definition) is 1. The van der Waals surface area contributed by atoms with E-state index >= 15 is 0 Å². The third-order valence-electron chi connectivity index (χ3n) is 1.02. The lowest BCUT2D eigenvalue weighted by Gasteiger charge is -2.28. The Morgan fingerprint density at radius 1 is 1.67 bits per heavy atom. The maximum absolute atomic E-state index is 3.78. The fourth-order valence-electron chi connectivity index (χ4n) is 0.403. The van der Waals surface area contributed by atoms with E-state index in [9.17, 15) is 0 Å². The van der Waals surface area contributed by atoms with Gasteiger partial charge in [-0.15, -0.1) is 0 Å². The van der Waals surface area contributed by atoms with Crippen LogP contribution in [-0.2, 0) is 0 Å². The zero-order valence-corrected chi connectivity index (χ0v) is 3.65. The first-order chi connectivity index (χ1) is 2.93. The van der Waals surface area contributed by atoms with Gasteiger partial charge < -0.3 is 10.6 Å². The molecule has 35 valence electrons. The Hall–Kier alpha value is -0.0800. The molecule has 0 aromatic carbocycles. The van der Waals surface area contributed by atoms with Crippen LogP contribution >= 0.6 is 0 Å². The first-order valence-electron chi connectivity index (χ1n) is 2.10. The molecule has 0 unspecified atom stereocenters. The van der Waals surface area contributed by atoms with E-state index in [0.29, 0.717) is 6.04 Å². The molecule has 0 spiro atoms. The smallest absolute Gasteiger partial charge is 0.0170 e. The van der Waals surface area contributed by atoms with E-state index in [1.165, 1.54) is 0 Å². The van der Waals surface area contributed by atoms with Crippen LogP contribution in [-0.4, -0.2) is 19.1 Å². The molecule has 1 aliphatic heterocycles. The van der Waals surface area contributed by atoms with Gasteiger partial charge in [-0.25, -0.2) is 0 Å². The molecular formula is C4H8N2-. The molecule has 1 saturated heterocycles. The monoisotopic (exact) mass is 84.1 g/mol. The summed E-state index contributed by atoms with van der Waals surface area (Å²) in [6.07, 6.45) is 0. The van der Waals surface area contributed by atoms with Gasteiger partial charge in [0.05, 0.1) is 0 Å². The standard InChI is InChI=1S/C4H8N2/c1-5-4-2-6-3-4/h4,6H,1-3H2/q-1. The first kappa shape index (κ1) is 4.09. The highest BCUT2D eigenvalue weighted by molar-refractivity contribution is 4.80. The van der Waals surface area contributed by atoms with Crippen molar-refractivity contribution in [3.8, 4) is 0 Å². The zero-order chi connectivity index (χ0) is 4.41. The van der Waals surface area contributed by atoms with Gasteiger partial charge in [0.1, 0.15) is 0 Å². The van der Waals surface area contributed by atoms with Crippen LogP contribution in [0.3, 0.4) is 0 Å². The molecule has 1 rings (SSSR count). The predicted molar refractivity (Wildman–Crippen MR) is 24.1 cm³/mol. The number of nitrogens with zero attached hydrogens (tertiary/aromatic N) is 1. The number of hydrogen-bond acceptors (Lipinski definition) is 1. The van der Waals surface area contributed by atoms with Crippen LogP contribution in [0, 0.1) is 7.05 Å². The highest BCUT2D eigenvalue weighted by Gasteiger charge is 2.10. The molecule has 2 heteroatoms. The highest BCUT2D eigenvalue weighted by Crippen LogP contribution is 1.88. The maximum Gasteiger partial charge on any atom is 0.0170 e. The minimum Gasteiger partial charge on any atom is -0.419 e. The van der Waals surface area contributed by atoms with Gasteiger partial charge in [-0.1, -0.05) is 0 Å². The molecular weight excluding hydrogens is 76.1 g/mol. The van der Waals surface area contributed by atoms with Crippen molar-refractivity contribution in [2.24, 2.45) is 0 Å². The molecule has 1 aliphatic rings. The molecule has 6 heavy (non-hydrogen) atoms. The molecule has 0 atom stereocenters. The summed E-state index contributed by atoms with van der Waals surface area (Å²) >= 11 is 0. The molecule has 0 aliphatic carbocycles. The summed E-state index contributed by atoms with van der Waals surface area (Å²) in [7, 11) is 3.39. The number of nitrogens with one attached hydrogen (secondary N) is 1. The second-order valence-corrected chi connectivity index (χ2v) is 1.49. The Kier molecular flexibility index (Phi) is 1.08. The molecule has 0 saturated carbocycles. The van der Waals surface area contributed by atoms with E-state index in [1.807, 2.05) is 0 Å². The van der Waals surface area contributed by atoms with Crippen LogP contribution in [0.2, 0.25) is 0 Å². The van der Waals surface area contributed by atoms with Crippen molar-refractivity contribution >= 4 is 0 Å². The summed E-state index contributed by atoms with van der Waals surface area (Å²) in [5, 5.41) is 6.86. The largest absolute Gasteiger partial charge is 0.419 e. The lowest BCUT2D eigenvalue weighted by Crippen LogP contribution is -2.50. The summed E-state index contributed by atoms with van der Waals surface area (Å²) in [5.41, 5.74) is 0. The molecule has 1 heterocycles. The van der Waals surface area contributed by atoms with E-state index in [2.05, 4.69) is 17.7 Å². The van der Waals surface area contributed by atoms with Crippen molar-refractivity contribution in [1.82, 2.24) is 10.6 Å². The zero-order valence-electron chi connectivity index (χ0n) is 3.65. The van der Waals surface area contributed by atoms with Gasteiger partial charge >= 0.3 is 0 Å². The molecule has 0 amide bonds. The van der Waals surface area contributed by atoms with Gasteiger partial charge in [0, 0.05) is 19.1 Å². The lowest BCUT2D eigenvalue weighted by molar-refractivity contribution is 0.394. The maximum atomic E-state index is 3.78. The fraction of sp³-hybridized carbons (Fsp3) is 0.750. The highest BCUT2D eigenvalue weighted by atomic mass is 15.1. The van der Waals surface area contributed by atoms with Crippen molar-refractivity contribution in [3.05, 3.63) is 7.05 Å². The van der Waals surface area contributed by atoms with E-state index < -0.39 is 0 Å². The third kappa shape index (κ3) is 0.533. The summed E-state index contributed by atoms with van der Waals surface area (Å²) in [6.45, 7) is 2.06. The van der Waals surface area contributed by atoms with E-state index in [1.54, 1.807) is 0 Å². The van der Waals surface area contributed by atoms with Crippen LogP contribution in [0.5, 0.6) is 0 Å². The van der Waals surface area contributed by atoms with Crippen LogP contribution in [0.15, 0.2) is 0 Å². The van der Waals surface area contributed by atoms with Gasteiger partial charge in [0.25, 0.3) is 0 Å². The Morgan fingerprint density at radius 3 is 2.33 bits per heavy atom. The Balaban J connectivity index is 2.01. The summed E-state index contributed by atoms with van der Waals surface area (Å²) in [4.78, 5) is 0. The van der Waals surface area contributed by atoms with E-state index in [-0.39, 0.29) is 0 Å². The van der Waals surface area contributed by atoms with E-state index in [4.69, 9.17) is 0 Å². The first-order valence-corrected chi connectivity index (χ1v) is 2.10. The van der Waals surface area contributed by atoms with Crippen molar-refractivity contribution in [1.29, 1.82) is 0 Å². The number of rotatable bonds is 1. The van der Waals surface area contributed by atoms with Gasteiger partial charge in [-0.05, 0) is 0 Å². The minimum atomic E-state index is 0.519. The normalized spacial score (nSPS) is 23.5. The summed E-state index contributed by atoms with van der Waals surface area (Å²) in [6, 6.07) is 0.519. The van der Waals surface area contributed by atoms with E-state index in [0.717, 1.165) is 13.1 Å². The molecule has 1 fully saturated rings. The van der Waals surface area contributed by atoms with Gasteiger partial charge in [-0.3, -0.25) is 7.05 Å². The lowest BCUT2D eigenvalue weighted by atomic mass is 10.2. The van der Waals surface area contributed by atoms with Crippen molar-refractivity contribution in [3.63, 3.8) is 0 Å². The Bertz CT molecular complexity index is 38.1. The van der Waals surface area contributed by atoms with Gasteiger partial charge in [0.15, 0.2) is 0 Å². The van der Waals surface area contributed by atoms with Gasteiger partial charge in [0.2, 0.25) is 0 Å². The minimum absolute atomic E-state index is 0.519. The van der Waals surface area contributed by atoms with Gasteiger partial charge in [-0.2, -0.15) is 0 Å². The Labute approximate surface area is 37.9 Å². The average Bonchev–Trinajstić information content (AvgIpc) is 1.31. The van der Waals surface area contributed by atoms with Crippen LogP contribution < -0.4 is 10.6 Å². The predicted octanol–water partition coefficient (Wildman–Crippen LogP) is -0.646. The van der Waals surface area contributed by atoms with Crippen LogP contribution in [0.25, 0.3) is 0 Å². The third-order valence-corrected chi connectivity index (χ3v) is 1.02. The second kappa shape index (κ2) is 1.58. The van der Waals surface area contributed by atoms with Crippen molar-refractivity contribution in [2.45, 2.75) is 6.04 Å². The molecule has 0 aromatic heterocycles. The average molecular weight is 84.1 g/mol. The second-order valence-electron chi connectivity index (χ2n) is 1.49. The molecule has 0 bridgehead atoms. The van der Waals surface area contributed by atoms with Crippen molar-refractivity contribution < 1.29 is 0 Å². The molecule has 2 nitrogen and oxygen atoms in total. The molecule has 1 N–H and O–H groups in total. The quantitative estimate of drug-likeness (QED) is 0.420. The SMILES string of the molecule is [CH2-][N]C1CNC1. The molecule has 0 aromatic rings. The van der Waals surface area contributed by atoms with Crippen LogP contribution in [0.4, 0.5) is 0 Å². The topological polar surface area (TPSA) is 26.1 Å². The summed E-state index contributed by atoms with van der Waals surface area (Å²) in [5.74, 6) is 0.